The van der Waals surface area contributed by atoms with Gasteiger partial charge in [0.05, 0.1) is 15.9 Å². The van der Waals surface area contributed by atoms with Gasteiger partial charge in [0.2, 0.25) is 5.88 Å². The summed E-state index contributed by atoms with van der Waals surface area (Å²) in [6.07, 6.45) is 1.37. The maximum Gasteiger partial charge on any atom is 0.230 e. The standard InChI is InChI=1S/C15H10ClFN2O/c1-9-2-4-12(16)14(6-9)20-15-11-7-10(17)3-5-13(11)18-8-19-15/h2-8H,1H3. The molecule has 0 N–H and O–H groups in total. The summed E-state index contributed by atoms with van der Waals surface area (Å²) in [5.74, 6) is 0.394. The molecule has 0 radical (unpaired) electrons. The molecule has 1 heterocycles. The van der Waals surface area contributed by atoms with Crippen LogP contribution < -0.4 is 4.74 Å². The van der Waals surface area contributed by atoms with E-state index in [1.807, 2.05) is 13.0 Å². The second-order valence-corrected chi connectivity index (χ2v) is 4.78. The lowest BCUT2D eigenvalue weighted by Crippen LogP contribution is -1.93. The van der Waals surface area contributed by atoms with Crippen molar-refractivity contribution in [1.29, 1.82) is 0 Å². The van der Waals surface area contributed by atoms with Gasteiger partial charge in [0.15, 0.2) is 0 Å². The van der Waals surface area contributed by atoms with Crippen molar-refractivity contribution in [2.75, 3.05) is 0 Å². The summed E-state index contributed by atoms with van der Waals surface area (Å²) in [6.45, 7) is 1.93. The molecule has 0 aliphatic rings. The summed E-state index contributed by atoms with van der Waals surface area (Å²) in [5.41, 5.74) is 1.62. The molecule has 0 fully saturated rings. The van der Waals surface area contributed by atoms with Gasteiger partial charge in [0.25, 0.3) is 0 Å². The third-order valence-corrected chi connectivity index (χ3v) is 3.17. The van der Waals surface area contributed by atoms with Crippen LogP contribution in [0, 0.1) is 12.7 Å². The zero-order valence-electron chi connectivity index (χ0n) is 10.6. The van der Waals surface area contributed by atoms with E-state index in [4.69, 9.17) is 16.3 Å². The van der Waals surface area contributed by atoms with Crippen molar-refractivity contribution in [2.45, 2.75) is 6.92 Å². The van der Waals surface area contributed by atoms with Gasteiger partial charge in [-0.3, -0.25) is 0 Å². The molecular formula is C15H10ClFN2O. The first-order valence-electron chi connectivity index (χ1n) is 5.98. The highest BCUT2D eigenvalue weighted by Crippen LogP contribution is 2.32. The number of halogens is 2. The smallest absolute Gasteiger partial charge is 0.230 e. The Kier molecular flexibility index (Phi) is 3.24. The average Bonchev–Trinajstić information content (AvgIpc) is 2.43. The molecule has 2 aromatic carbocycles. The minimum Gasteiger partial charge on any atom is -0.437 e. The van der Waals surface area contributed by atoms with Gasteiger partial charge in [0, 0.05) is 0 Å². The van der Waals surface area contributed by atoms with Crippen LogP contribution in [0.25, 0.3) is 10.9 Å². The van der Waals surface area contributed by atoms with Gasteiger partial charge >= 0.3 is 0 Å². The average molecular weight is 289 g/mol. The molecule has 3 nitrogen and oxygen atoms in total. The molecule has 0 aliphatic carbocycles. The Balaban J connectivity index is 2.10. The molecule has 0 amide bonds. The Bertz CT molecular complexity index is 792. The maximum absolute atomic E-state index is 13.4. The van der Waals surface area contributed by atoms with E-state index in [1.165, 1.54) is 18.5 Å². The summed E-state index contributed by atoms with van der Waals surface area (Å²) in [4.78, 5) is 8.13. The molecule has 0 bridgehead atoms. The molecule has 3 aromatic rings. The summed E-state index contributed by atoms with van der Waals surface area (Å²) in [5, 5.41) is 0.976. The number of benzene rings is 2. The molecule has 0 aliphatic heterocycles. The van der Waals surface area contributed by atoms with Crippen LogP contribution in [-0.4, -0.2) is 9.97 Å². The third kappa shape index (κ3) is 2.42. The highest BCUT2D eigenvalue weighted by Gasteiger charge is 2.09. The summed E-state index contributed by atoms with van der Waals surface area (Å²) < 4.78 is 19.1. The fraction of sp³-hybridized carbons (Fsp3) is 0.0667. The van der Waals surface area contributed by atoms with Crippen molar-refractivity contribution in [2.24, 2.45) is 0 Å². The van der Waals surface area contributed by atoms with E-state index < -0.39 is 0 Å². The first kappa shape index (κ1) is 12.8. The Hall–Kier alpha value is -2.20. The van der Waals surface area contributed by atoms with Crippen molar-refractivity contribution in [3.8, 4) is 11.6 Å². The Morgan fingerprint density at radius 2 is 1.95 bits per heavy atom. The van der Waals surface area contributed by atoms with Crippen LogP contribution in [0.5, 0.6) is 11.6 Å². The summed E-state index contributed by atoms with van der Waals surface area (Å²) >= 11 is 6.09. The molecule has 100 valence electrons. The Morgan fingerprint density at radius 1 is 1.10 bits per heavy atom. The van der Waals surface area contributed by atoms with Crippen molar-refractivity contribution in [1.82, 2.24) is 9.97 Å². The third-order valence-electron chi connectivity index (χ3n) is 2.85. The second-order valence-electron chi connectivity index (χ2n) is 4.38. The lowest BCUT2D eigenvalue weighted by Gasteiger charge is -2.09. The predicted molar refractivity (Wildman–Crippen MR) is 75.8 cm³/mol. The Labute approximate surface area is 120 Å². The van der Waals surface area contributed by atoms with Gasteiger partial charge in [-0.1, -0.05) is 17.7 Å². The van der Waals surface area contributed by atoms with Crippen LogP contribution in [0.15, 0.2) is 42.7 Å². The zero-order valence-corrected chi connectivity index (χ0v) is 11.4. The van der Waals surface area contributed by atoms with Crippen LogP contribution >= 0.6 is 11.6 Å². The van der Waals surface area contributed by atoms with Gasteiger partial charge in [-0.05, 0) is 42.8 Å². The molecular weight excluding hydrogens is 279 g/mol. The Morgan fingerprint density at radius 3 is 2.80 bits per heavy atom. The van der Waals surface area contributed by atoms with Gasteiger partial charge in [-0.15, -0.1) is 0 Å². The number of hydrogen-bond acceptors (Lipinski definition) is 3. The van der Waals surface area contributed by atoms with Crippen LogP contribution in [0.4, 0.5) is 4.39 Å². The minimum absolute atomic E-state index is 0.280. The van der Waals surface area contributed by atoms with Crippen LogP contribution in [0.1, 0.15) is 5.56 Å². The van der Waals surface area contributed by atoms with E-state index in [-0.39, 0.29) is 11.7 Å². The molecule has 0 spiro atoms. The number of aromatic nitrogens is 2. The first-order chi connectivity index (χ1) is 9.63. The van der Waals surface area contributed by atoms with E-state index in [9.17, 15) is 4.39 Å². The number of fused-ring (bicyclic) bond motifs is 1. The number of rotatable bonds is 2. The molecule has 0 saturated carbocycles. The normalized spacial score (nSPS) is 10.8. The lowest BCUT2D eigenvalue weighted by atomic mass is 10.2. The van der Waals surface area contributed by atoms with Crippen LogP contribution in [0.2, 0.25) is 5.02 Å². The predicted octanol–water partition coefficient (Wildman–Crippen LogP) is 4.52. The van der Waals surface area contributed by atoms with Gasteiger partial charge < -0.3 is 4.74 Å². The van der Waals surface area contributed by atoms with E-state index in [0.29, 0.717) is 21.7 Å². The second kappa shape index (κ2) is 5.06. The highest BCUT2D eigenvalue weighted by atomic mass is 35.5. The number of nitrogens with zero attached hydrogens (tertiary/aromatic N) is 2. The SMILES string of the molecule is Cc1ccc(Cl)c(Oc2ncnc3ccc(F)cc23)c1. The summed E-state index contributed by atoms with van der Waals surface area (Å²) in [7, 11) is 0. The minimum atomic E-state index is -0.368. The molecule has 0 atom stereocenters. The van der Waals surface area contributed by atoms with Gasteiger partial charge in [-0.2, -0.15) is 0 Å². The monoisotopic (exact) mass is 288 g/mol. The fourth-order valence-corrected chi connectivity index (χ4v) is 2.04. The van der Waals surface area contributed by atoms with Crippen LogP contribution in [0.3, 0.4) is 0 Å². The maximum atomic E-state index is 13.4. The number of ether oxygens (including phenoxy) is 1. The van der Waals surface area contributed by atoms with Gasteiger partial charge in [0.1, 0.15) is 17.9 Å². The lowest BCUT2D eigenvalue weighted by molar-refractivity contribution is 0.467. The van der Waals surface area contributed by atoms with Crippen molar-refractivity contribution in [3.05, 3.63) is 59.1 Å². The van der Waals surface area contributed by atoms with Crippen molar-refractivity contribution >= 4 is 22.5 Å². The van der Waals surface area contributed by atoms with Crippen molar-refractivity contribution < 1.29 is 9.13 Å². The molecule has 0 saturated heterocycles. The molecule has 5 heteroatoms. The molecule has 1 aromatic heterocycles. The summed E-state index contributed by atoms with van der Waals surface area (Å²) in [6, 6.07) is 9.70. The molecule has 20 heavy (non-hydrogen) atoms. The van der Waals surface area contributed by atoms with Crippen molar-refractivity contribution in [3.63, 3.8) is 0 Å². The van der Waals surface area contributed by atoms with E-state index in [1.54, 1.807) is 18.2 Å². The largest absolute Gasteiger partial charge is 0.437 e. The number of hydrogen-bond donors (Lipinski definition) is 0. The molecule has 3 rings (SSSR count). The van der Waals surface area contributed by atoms with Crippen LogP contribution in [-0.2, 0) is 0 Å². The first-order valence-corrected chi connectivity index (χ1v) is 6.35. The van der Waals surface area contributed by atoms with E-state index >= 15 is 0 Å². The van der Waals surface area contributed by atoms with E-state index in [0.717, 1.165) is 5.56 Å². The van der Waals surface area contributed by atoms with Gasteiger partial charge in [-0.25, -0.2) is 14.4 Å². The topological polar surface area (TPSA) is 35.0 Å². The molecule has 0 unspecified atom stereocenters. The fourth-order valence-electron chi connectivity index (χ4n) is 1.88. The quantitative estimate of drug-likeness (QED) is 0.695. The van der Waals surface area contributed by atoms with E-state index in [2.05, 4.69) is 9.97 Å². The number of aryl methyl sites for hydroxylation is 1. The zero-order chi connectivity index (χ0) is 14.1. The highest BCUT2D eigenvalue weighted by molar-refractivity contribution is 6.32.